The molecular weight excluding hydrogens is 398 g/mol. The molecule has 0 spiro atoms. The Morgan fingerprint density at radius 2 is 1.81 bits per heavy atom. The third-order valence-electron chi connectivity index (χ3n) is 4.89. The van der Waals surface area contributed by atoms with Crippen LogP contribution in [0.3, 0.4) is 0 Å². The number of carbonyl (C=O) groups is 2. The number of hydrogen-bond donors (Lipinski definition) is 0. The van der Waals surface area contributed by atoms with Gasteiger partial charge >= 0.3 is 5.97 Å². The lowest BCUT2D eigenvalue weighted by Gasteiger charge is -2.22. The van der Waals surface area contributed by atoms with E-state index in [4.69, 9.17) is 13.9 Å². The van der Waals surface area contributed by atoms with Gasteiger partial charge in [0.2, 0.25) is 0 Å². The van der Waals surface area contributed by atoms with Gasteiger partial charge in [-0.1, -0.05) is 36.4 Å². The Morgan fingerprint density at radius 3 is 2.48 bits per heavy atom. The third kappa shape index (κ3) is 4.83. The fraction of sp³-hybridized carbons (Fsp3) is 0.292. The predicted molar refractivity (Wildman–Crippen MR) is 117 cm³/mol. The highest BCUT2D eigenvalue weighted by molar-refractivity contribution is 6.05. The normalized spacial score (nSPS) is 10.8. The molecule has 0 fully saturated rings. The summed E-state index contributed by atoms with van der Waals surface area (Å²) < 4.78 is 16.2. The zero-order valence-corrected chi connectivity index (χ0v) is 17.8. The van der Waals surface area contributed by atoms with Crippen LogP contribution in [0.4, 0.5) is 0 Å². The first-order chi connectivity index (χ1) is 15.0. The molecule has 0 atom stereocenters. The van der Waals surface area contributed by atoms with Crippen molar-refractivity contribution >= 4 is 22.8 Å². The number of para-hydroxylation sites is 1. The lowest BCUT2D eigenvalue weighted by Crippen LogP contribution is -2.38. The SMILES string of the molecule is CCOC(=O)CN(CCOC)C(=O)c1cccc2c(=O)c(C)c(-c3ccccc3)oc12. The summed E-state index contributed by atoms with van der Waals surface area (Å²) in [7, 11) is 1.51. The van der Waals surface area contributed by atoms with Gasteiger partial charge in [-0.05, 0) is 26.0 Å². The standard InChI is InChI=1S/C24H25NO6/c1-4-30-20(26)15-25(13-14-29-3)24(28)19-12-8-11-18-21(27)16(2)22(31-23(18)19)17-9-6-5-7-10-17/h5-12H,4,13-15H2,1-3H3. The summed E-state index contributed by atoms with van der Waals surface area (Å²) in [6.45, 7) is 3.82. The van der Waals surface area contributed by atoms with Crippen LogP contribution >= 0.6 is 0 Å². The van der Waals surface area contributed by atoms with Crippen LogP contribution in [0.15, 0.2) is 57.7 Å². The summed E-state index contributed by atoms with van der Waals surface area (Å²) >= 11 is 0. The largest absolute Gasteiger partial charge is 0.465 e. The van der Waals surface area contributed by atoms with Crippen molar-refractivity contribution in [2.45, 2.75) is 13.8 Å². The van der Waals surface area contributed by atoms with E-state index in [0.717, 1.165) is 5.56 Å². The van der Waals surface area contributed by atoms with Crippen LogP contribution in [-0.4, -0.2) is 50.2 Å². The van der Waals surface area contributed by atoms with Crippen molar-refractivity contribution < 1.29 is 23.5 Å². The zero-order valence-electron chi connectivity index (χ0n) is 17.8. The van der Waals surface area contributed by atoms with Gasteiger partial charge in [0.05, 0.1) is 24.2 Å². The van der Waals surface area contributed by atoms with Crippen molar-refractivity contribution in [3.05, 3.63) is 69.9 Å². The number of carbonyl (C=O) groups excluding carboxylic acids is 2. The minimum absolute atomic E-state index is 0.187. The van der Waals surface area contributed by atoms with Gasteiger partial charge in [0, 0.05) is 24.8 Å². The van der Waals surface area contributed by atoms with E-state index in [1.54, 1.807) is 32.0 Å². The van der Waals surface area contributed by atoms with E-state index in [1.807, 2.05) is 30.3 Å². The van der Waals surface area contributed by atoms with Gasteiger partial charge in [-0.25, -0.2) is 0 Å². The van der Waals surface area contributed by atoms with Gasteiger partial charge in [0.15, 0.2) is 11.0 Å². The smallest absolute Gasteiger partial charge is 0.325 e. The van der Waals surface area contributed by atoms with Crippen LogP contribution in [0.2, 0.25) is 0 Å². The molecule has 0 unspecified atom stereocenters. The lowest BCUT2D eigenvalue weighted by atomic mass is 10.0. The zero-order chi connectivity index (χ0) is 22.4. The number of esters is 1. The summed E-state index contributed by atoms with van der Waals surface area (Å²) in [5.41, 5.74) is 1.39. The lowest BCUT2D eigenvalue weighted by molar-refractivity contribution is -0.143. The van der Waals surface area contributed by atoms with Crippen LogP contribution in [0, 0.1) is 6.92 Å². The molecule has 162 valence electrons. The first-order valence-electron chi connectivity index (χ1n) is 10.0. The molecule has 0 aliphatic rings. The van der Waals surface area contributed by atoms with Crippen LogP contribution in [0.5, 0.6) is 0 Å². The third-order valence-corrected chi connectivity index (χ3v) is 4.89. The number of methoxy groups -OCH3 is 1. The average molecular weight is 423 g/mol. The molecule has 0 saturated carbocycles. The Kier molecular flexibility index (Phi) is 7.20. The molecule has 0 bridgehead atoms. The maximum Gasteiger partial charge on any atom is 0.325 e. The molecule has 1 amide bonds. The van der Waals surface area contributed by atoms with Crippen molar-refractivity contribution in [1.82, 2.24) is 4.90 Å². The van der Waals surface area contributed by atoms with Crippen molar-refractivity contribution in [3.63, 3.8) is 0 Å². The molecule has 1 aromatic heterocycles. The number of hydrogen-bond acceptors (Lipinski definition) is 6. The second-order valence-electron chi connectivity index (χ2n) is 6.96. The van der Waals surface area contributed by atoms with E-state index >= 15 is 0 Å². The van der Waals surface area contributed by atoms with Gasteiger partial charge in [0.1, 0.15) is 12.3 Å². The number of nitrogens with zero attached hydrogens (tertiary/aromatic N) is 1. The Labute approximate surface area is 180 Å². The summed E-state index contributed by atoms with van der Waals surface area (Å²) in [4.78, 5) is 39.7. The minimum atomic E-state index is -0.519. The number of ether oxygens (including phenoxy) is 2. The Balaban J connectivity index is 2.12. The molecule has 3 aromatic rings. The number of amides is 1. The Morgan fingerprint density at radius 1 is 1.06 bits per heavy atom. The van der Waals surface area contributed by atoms with Crippen molar-refractivity contribution in [2.75, 3.05) is 33.4 Å². The second kappa shape index (κ2) is 10.0. The number of rotatable bonds is 8. The van der Waals surface area contributed by atoms with E-state index in [2.05, 4.69) is 0 Å². The van der Waals surface area contributed by atoms with E-state index in [-0.39, 0.29) is 42.9 Å². The summed E-state index contributed by atoms with van der Waals surface area (Å²) in [6.07, 6.45) is 0. The maximum absolute atomic E-state index is 13.3. The highest BCUT2D eigenvalue weighted by atomic mass is 16.5. The van der Waals surface area contributed by atoms with Crippen molar-refractivity contribution in [1.29, 1.82) is 0 Å². The highest BCUT2D eigenvalue weighted by Crippen LogP contribution is 2.27. The Hall–Kier alpha value is -3.45. The monoisotopic (exact) mass is 423 g/mol. The molecule has 7 heteroatoms. The molecule has 2 aromatic carbocycles. The molecule has 0 aliphatic carbocycles. The predicted octanol–water partition coefficient (Wildman–Crippen LogP) is 3.42. The van der Waals surface area contributed by atoms with Crippen LogP contribution in [0.25, 0.3) is 22.3 Å². The van der Waals surface area contributed by atoms with Gasteiger partial charge in [0.25, 0.3) is 5.91 Å². The molecule has 1 heterocycles. The van der Waals surface area contributed by atoms with Gasteiger partial charge in [-0.2, -0.15) is 0 Å². The molecule has 0 aliphatic heterocycles. The summed E-state index contributed by atoms with van der Waals surface area (Å²) in [5.74, 6) is -0.552. The van der Waals surface area contributed by atoms with Gasteiger partial charge < -0.3 is 18.8 Å². The molecule has 0 N–H and O–H groups in total. The van der Waals surface area contributed by atoms with Gasteiger partial charge in [-0.3, -0.25) is 14.4 Å². The van der Waals surface area contributed by atoms with Crippen LogP contribution in [0.1, 0.15) is 22.8 Å². The van der Waals surface area contributed by atoms with Crippen molar-refractivity contribution in [3.8, 4) is 11.3 Å². The maximum atomic E-state index is 13.3. The van der Waals surface area contributed by atoms with E-state index in [1.165, 1.54) is 12.0 Å². The molecule has 7 nitrogen and oxygen atoms in total. The minimum Gasteiger partial charge on any atom is -0.465 e. The topological polar surface area (TPSA) is 86.0 Å². The average Bonchev–Trinajstić information content (AvgIpc) is 2.79. The Bertz CT molecular complexity index is 1140. The fourth-order valence-electron chi connectivity index (χ4n) is 3.33. The number of benzene rings is 2. The molecule has 0 saturated heterocycles. The number of fused-ring (bicyclic) bond motifs is 1. The van der Waals surface area contributed by atoms with E-state index < -0.39 is 11.9 Å². The first kappa shape index (κ1) is 22.2. The molecule has 0 radical (unpaired) electrons. The highest BCUT2D eigenvalue weighted by Gasteiger charge is 2.24. The second-order valence-corrected chi connectivity index (χ2v) is 6.96. The quantitative estimate of drug-likeness (QED) is 0.516. The summed E-state index contributed by atoms with van der Waals surface area (Å²) in [5, 5.41) is 0.311. The van der Waals surface area contributed by atoms with Crippen LogP contribution < -0.4 is 5.43 Å². The van der Waals surface area contributed by atoms with E-state index in [0.29, 0.717) is 16.7 Å². The molecular formula is C24H25NO6. The molecule has 3 rings (SSSR count). The molecule has 31 heavy (non-hydrogen) atoms. The fourth-order valence-corrected chi connectivity index (χ4v) is 3.33. The van der Waals surface area contributed by atoms with Gasteiger partial charge in [-0.15, -0.1) is 0 Å². The van der Waals surface area contributed by atoms with Crippen LogP contribution in [-0.2, 0) is 14.3 Å². The first-order valence-corrected chi connectivity index (χ1v) is 10.0. The summed E-state index contributed by atoms with van der Waals surface area (Å²) in [6, 6.07) is 14.1. The van der Waals surface area contributed by atoms with E-state index in [9.17, 15) is 14.4 Å². The van der Waals surface area contributed by atoms with Crippen molar-refractivity contribution in [2.24, 2.45) is 0 Å².